The van der Waals surface area contributed by atoms with Crippen LogP contribution in [0.3, 0.4) is 0 Å². The van der Waals surface area contributed by atoms with Gasteiger partial charge in [-0.25, -0.2) is 0 Å². The van der Waals surface area contributed by atoms with Crippen molar-refractivity contribution in [2.45, 2.75) is 6.42 Å². The molecule has 4 heteroatoms. The summed E-state index contributed by atoms with van der Waals surface area (Å²) in [6.45, 7) is 0. The van der Waals surface area contributed by atoms with Crippen LogP contribution in [0.4, 0.5) is 5.69 Å². The van der Waals surface area contributed by atoms with Gasteiger partial charge in [0.2, 0.25) is 5.91 Å². The number of methoxy groups -OCH3 is 1. The second-order valence-corrected chi connectivity index (χ2v) is 4.41. The molecule has 2 heterocycles. The van der Waals surface area contributed by atoms with Gasteiger partial charge in [-0.2, -0.15) is 0 Å². The highest BCUT2D eigenvalue weighted by Gasteiger charge is 2.28. The van der Waals surface area contributed by atoms with E-state index in [1.807, 2.05) is 6.07 Å². The molecule has 0 unspecified atom stereocenters. The molecule has 1 aromatic carbocycles. The highest BCUT2D eigenvalue weighted by atomic mass is 16.5. The number of hydrogen-bond donors (Lipinski definition) is 0. The summed E-state index contributed by atoms with van der Waals surface area (Å²) < 4.78 is 27.4. The molecule has 1 aliphatic rings. The predicted octanol–water partition coefficient (Wildman–Crippen LogP) is 2.28. The predicted molar refractivity (Wildman–Crippen MR) is 73.3 cm³/mol. The van der Waals surface area contributed by atoms with E-state index in [0.29, 0.717) is 16.8 Å². The van der Waals surface area contributed by atoms with Crippen LogP contribution in [-0.2, 0) is 11.2 Å². The fraction of sp³-hybridized carbons (Fsp3) is 0.200. The Kier molecular flexibility index (Phi) is 2.01. The van der Waals surface area contributed by atoms with Crippen LogP contribution in [0.1, 0.15) is 9.68 Å². The summed E-state index contributed by atoms with van der Waals surface area (Å²) in [4.78, 5) is 17.5. The first-order chi connectivity index (χ1) is 10.4. The first-order valence-corrected chi connectivity index (χ1v) is 5.89. The molecule has 0 saturated heterocycles. The topological polar surface area (TPSA) is 42.4 Å². The molecule has 1 aromatic heterocycles. The Bertz CT molecular complexity index is 730. The van der Waals surface area contributed by atoms with Gasteiger partial charge >= 0.3 is 0 Å². The van der Waals surface area contributed by atoms with E-state index in [0.717, 1.165) is 5.56 Å². The maximum absolute atomic E-state index is 11.9. The van der Waals surface area contributed by atoms with E-state index in [2.05, 4.69) is 4.98 Å². The summed E-state index contributed by atoms with van der Waals surface area (Å²) in [5, 5.41) is 0. The van der Waals surface area contributed by atoms with Crippen LogP contribution in [0.15, 0.2) is 36.7 Å². The summed E-state index contributed by atoms with van der Waals surface area (Å²) in [7, 11) is -0.923. The number of fused-ring (bicyclic) bond motifs is 1. The number of hydrogen-bond acceptors (Lipinski definition) is 3. The summed E-state index contributed by atoms with van der Waals surface area (Å²) in [6, 6.07) is 7.14. The third-order valence-corrected chi connectivity index (χ3v) is 3.37. The second-order valence-electron chi connectivity index (χ2n) is 4.41. The van der Waals surface area contributed by atoms with Gasteiger partial charge in [0.25, 0.3) is 0 Å². The van der Waals surface area contributed by atoms with Gasteiger partial charge in [-0.3, -0.25) is 9.78 Å². The molecule has 1 amide bonds. The Labute approximate surface area is 115 Å². The largest absolute Gasteiger partial charge is 0.496 e. The van der Waals surface area contributed by atoms with Gasteiger partial charge in [0.15, 0.2) is 0 Å². The molecule has 3 rings (SSSR count). The van der Waals surface area contributed by atoms with Crippen molar-refractivity contribution < 1.29 is 13.6 Å². The molecule has 0 atom stereocenters. The molecular weight excluding hydrogens is 240 g/mol. The molecule has 0 N–H and O–H groups in total. The number of ether oxygens (including phenoxy) is 1. The number of rotatable bonds is 2. The number of pyridine rings is 1. The summed E-state index contributed by atoms with van der Waals surface area (Å²) >= 11 is 0. The monoisotopic (exact) mass is 257 g/mol. The lowest BCUT2D eigenvalue weighted by Crippen LogP contribution is -2.20. The van der Waals surface area contributed by atoms with Gasteiger partial charge in [0, 0.05) is 36.1 Å². The van der Waals surface area contributed by atoms with E-state index in [4.69, 9.17) is 8.85 Å². The van der Waals surface area contributed by atoms with Crippen molar-refractivity contribution >= 4 is 11.6 Å². The SMILES string of the molecule is [2H]C([2H])([2H])Oc1c(-c2cccnc2)ccc2c1CC(=O)N2C. The Hall–Kier alpha value is -2.36. The van der Waals surface area contributed by atoms with Crippen LogP contribution in [0.25, 0.3) is 11.1 Å². The lowest BCUT2D eigenvalue weighted by atomic mass is 10.0. The van der Waals surface area contributed by atoms with E-state index in [-0.39, 0.29) is 18.1 Å². The van der Waals surface area contributed by atoms with Crippen molar-refractivity contribution in [2.75, 3.05) is 19.0 Å². The normalized spacial score (nSPS) is 16.6. The van der Waals surface area contributed by atoms with Crippen LogP contribution < -0.4 is 9.64 Å². The van der Waals surface area contributed by atoms with Crippen LogP contribution in [0.2, 0.25) is 0 Å². The number of nitrogens with zero attached hydrogens (tertiary/aromatic N) is 2. The summed E-state index contributed by atoms with van der Waals surface area (Å²) in [6.07, 6.45) is 3.40. The van der Waals surface area contributed by atoms with Crippen molar-refractivity contribution in [1.29, 1.82) is 0 Å². The quantitative estimate of drug-likeness (QED) is 0.829. The fourth-order valence-corrected chi connectivity index (χ4v) is 2.37. The van der Waals surface area contributed by atoms with Gasteiger partial charge in [0.1, 0.15) is 5.75 Å². The molecule has 0 aliphatic carbocycles. The van der Waals surface area contributed by atoms with Crippen molar-refractivity contribution in [3.63, 3.8) is 0 Å². The Morgan fingerprint density at radius 3 is 3.05 bits per heavy atom. The molecule has 2 aromatic rings. The molecule has 4 nitrogen and oxygen atoms in total. The zero-order valence-corrected chi connectivity index (χ0v) is 10.4. The minimum atomic E-state index is -2.59. The van der Waals surface area contributed by atoms with Gasteiger partial charge in [-0.05, 0) is 18.2 Å². The second kappa shape index (κ2) is 4.39. The van der Waals surface area contributed by atoms with Crippen molar-refractivity contribution in [2.24, 2.45) is 0 Å². The maximum atomic E-state index is 11.9. The molecule has 0 radical (unpaired) electrons. The van der Waals surface area contributed by atoms with E-state index in [1.165, 1.54) is 4.90 Å². The summed E-state index contributed by atoms with van der Waals surface area (Å²) in [5.74, 6) is 0.136. The molecule has 96 valence electrons. The number of amides is 1. The number of aromatic nitrogens is 1. The first kappa shape index (κ1) is 8.69. The van der Waals surface area contributed by atoms with Crippen LogP contribution in [-0.4, -0.2) is 25.0 Å². The van der Waals surface area contributed by atoms with Crippen LogP contribution in [0, 0.1) is 0 Å². The molecule has 0 saturated carbocycles. The van der Waals surface area contributed by atoms with E-state index >= 15 is 0 Å². The standard InChI is InChI=1S/C15H14N2O2/c1-17-13-6-5-11(10-4-3-7-16-9-10)15(19-2)12(13)8-14(17)18/h3-7,9H,8H2,1-2H3/i2D3. The maximum Gasteiger partial charge on any atom is 0.231 e. The molecule has 0 spiro atoms. The lowest BCUT2D eigenvalue weighted by molar-refractivity contribution is -0.117. The Morgan fingerprint density at radius 2 is 2.32 bits per heavy atom. The average Bonchev–Trinajstić information content (AvgIpc) is 2.75. The van der Waals surface area contributed by atoms with Crippen molar-refractivity contribution in [3.8, 4) is 16.9 Å². The van der Waals surface area contributed by atoms with E-state index in [1.54, 1.807) is 37.6 Å². The summed E-state index contributed by atoms with van der Waals surface area (Å²) in [5.41, 5.74) is 2.64. The minimum Gasteiger partial charge on any atom is -0.496 e. The third-order valence-electron chi connectivity index (χ3n) is 3.37. The number of carbonyl (C=O) groups excluding carboxylic acids is 1. The van der Waals surface area contributed by atoms with Crippen molar-refractivity contribution in [3.05, 3.63) is 42.2 Å². The van der Waals surface area contributed by atoms with E-state index in [9.17, 15) is 4.79 Å². The smallest absolute Gasteiger partial charge is 0.231 e. The van der Waals surface area contributed by atoms with Crippen LogP contribution >= 0.6 is 0 Å². The fourth-order valence-electron chi connectivity index (χ4n) is 2.37. The van der Waals surface area contributed by atoms with Gasteiger partial charge in [0.05, 0.1) is 23.3 Å². The minimum absolute atomic E-state index is 0.0891. The van der Waals surface area contributed by atoms with Crippen molar-refractivity contribution in [1.82, 2.24) is 4.98 Å². The van der Waals surface area contributed by atoms with Gasteiger partial charge in [-0.1, -0.05) is 6.07 Å². The molecule has 0 fully saturated rings. The first-order valence-electron chi connectivity index (χ1n) is 7.39. The lowest BCUT2D eigenvalue weighted by Gasteiger charge is -2.14. The molecular formula is C15H14N2O2. The highest BCUT2D eigenvalue weighted by Crippen LogP contribution is 2.41. The number of likely N-dealkylation sites (N-methyl/N-ethyl adjacent to an activating group) is 1. The molecule has 19 heavy (non-hydrogen) atoms. The zero-order valence-electron chi connectivity index (χ0n) is 13.4. The zero-order chi connectivity index (χ0) is 15.9. The number of carbonyl (C=O) groups is 1. The molecule has 1 aliphatic heterocycles. The Balaban J connectivity index is 2.20. The Morgan fingerprint density at radius 1 is 1.42 bits per heavy atom. The number of anilines is 1. The highest BCUT2D eigenvalue weighted by molar-refractivity contribution is 6.03. The van der Waals surface area contributed by atoms with Gasteiger partial charge < -0.3 is 9.64 Å². The van der Waals surface area contributed by atoms with E-state index < -0.39 is 7.04 Å². The third kappa shape index (κ3) is 1.76. The molecule has 0 bridgehead atoms. The number of benzene rings is 1. The van der Waals surface area contributed by atoms with Gasteiger partial charge in [-0.15, -0.1) is 0 Å². The average molecular weight is 257 g/mol. The van der Waals surface area contributed by atoms with Crippen LogP contribution in [0.5, 0.6) is 5.75 Å².